The Labute approximate surface area is 254 Å². The van der Waals surface area contributed by atoms with Crippen molar-refractivity contribution >= 4 is 41.3 Å². The van der Waals surface area contributed by atoms with Gasteiger partial charge in [-0.1, -0.05) is 54.6 Å². The number of guanidine groups is 1. The van der Waals surface area contributed by atoms with E-state index in [9.17, 15) is 33.9 Å². The molecule has 14 nitrogen and oxygen atoms in total. The molecule has 0 aliphatic carbocycles. The van der Waals surface area contributed by atoms with Gasteiger partial charge in [-0.2, -0.15) is 0 Å². The number of rotatable bonds is 18. The molecule has 0 radical (unpaired) electrons. The van der Waals surface area contributed by atoms with Crippen molar-refractivity contribution in [2.24, 2.45) is 11.5 Å². The van der Waals surface area contributed by atoms with E-state index in [4.69, 9.17) is 16.9 Å². The lowest BCUT2D eigenvalue weighted by atomic mass is 9.99. The fourth-order valence-electron chi connectivity index (χ4n) is 4.31. The monoisotopic (exact) mass is 609 g/mol. The summed E-state index contributed by atoms with van der Waals surface area (Å²) in [5.41, 5.74) is 12.4. The van der Waals surface area contributed by atoms with Crippen LogP contribution in [-0.4, -0.2) is 71.1 Å². The van der Waals surface area contributed by atoms with Crippen molar-refractivity contribution in [2.45, 2.75) is 63.6 Å². The molecule has 4 amide bonds. The Morgan fingerprint density at radius 2 is 1.41 bits per heavy atom. The molecule has 0 bridgehead atoms. The van der Waals surface area contributed by atoms with E-state index in [2.05, 4.69) is 21.3 Å². The number of carbonyl (C=O) groups excluding carboxylic acids is 5. The Morgan fingerprint density at radius 3 is 1.98 bits per heavy atom. The molecule has 2 aromatic rings. The van der Waals surface area contributed by atoms with Crippen molar-refractivity contribution in [2.75, 3.05) is 6.54 Å². The number of nitrogens with one attached hydrogen (secondary N) is 5. The van der Waals surface area contributed by atoms with Crippen molar-refractivity contribution in [1.82, 2.24) is 21.3 Å². The fraction of sp³-hybridized carbons (Fsp3) is 0.367. The van der Waals surface area contributed by atoms with Gasteiger partial charge in [0.25, 0.3) is 0 Å². The number of aliphatic carboxylic acids is 1. The molecule has 44 heavy (non-hydrogen) atoms. The summed E-state index contributed by atoms with van der Waals surface area (Å²) in [7, 11) is 0. The molecule has 1 unspecified atom stereocenters. The maximum atomic E-state index is 12.7. The first kappa shape index (κ1) is 34.9. The van der Waals surface area contributed by atoms with Gasteiger partial charge in [-0.3, -0.25) is 29.4 Å². The molecule has 3 atom stereocenters. The number of nitrogens with two attached hydrogens (primary N) is 2. The first-order valence-electron chi connectivity index (χ1n) is 14.0. The highest BCUT2D eigenvalue weighted by molar-refractivity contribution is 6.09. The van der Waals surface area contributed by atoms with Crippen molar-refractivity contribution in [3.8, 4) is 0 Å². The number of hydrogen-bond acceptors (Lipinski definition) is 7. The molecule has 0 saturated carbocycles. The third-order valence-corrected chi connectivity index (χ3v) is 6.56. The molecule has 236 valence electrons. The highest BCUT2D eigenvalue weighted by atomic mass is 16.4. The number of primary amides is 1. The predicted molar refractivity (Wildman–Crippen MR) is 161 cm³/mol. The second-order valence-corrected chi connectivity index (χ2v) is 10.1. The lowest BCUT2D eigenvalue weighted by Crippen LogP contribution is -2.51. The highest BCUT2D eigenvalue weighted by Crippen LogP contribution is 2.13. The number of ketones is 1. The van der Waals surface area contributed by atoms with Crippen molar-refractivity contribution in [1.29, 1.82) is 5.41 Å². The van der Waals surface area contributed by atoms with Gasteiger partial charge in [0.15, 0.2) is 11.7 Å². The quantitative estimate of drug-likeness (QED) is 0.0487. The number of benzene rings is 2. The van der Waals surface area contributed by atoms with E-state index in [1.54, 1.807) is 48.5 Å². The van der Waals surface area contributed by atoms with Gasteiger partial charge in [-0.25, -0.2) is 4.79 Å². The molecule has 0 fully saturated rings. The average molecular weight is 610 g/mol. The van der Waals surface area contributed by atoms with Crippen LogP contribution >= 0.6 is 0 Å². The van der Waals surface area contributed by atoms with Crippen LogP contribution in [0.15, 0.2) is 54.6 Å². The number of carboxylic acid groups (broad SMARTS) is 1. The van der Waals surface area contributed by atoms with Crippen molar-refractivity contribution in [3.63, 3.8) is 0 Å². The minimum absolute atomic E-state index is 0.0677. The average Bonchev–Trinajstić information content (AvgIpc) is 2.97. The largest absolute Gasteiger partial charge is 0.480 e. The molecule has 0 spiro atoms. The summed E-state index contributed by atoms with van der Waals surface area (Å²) in [5, 5.41) is 26.7. The molecular formula is C30H39N7O7. The van der Waals surface area contributed by atoms with Crippen LogP contribution in [0.5, 0.6) is 0 Å². The Morgan fingerprint density at radius 1 is 0.795 bits per heavy atom. The topological polar surface area (TPSA) is 247 Å². The van der Waals surface area contributed by atoms with Crippen LogP contribution in [0.3, 0.4) is 0 Å². The second-order valence-electron chi connectivity index (χ2n) is 10.1. The van der Waals surface area contributed by atoms with Gasteiger partial charge < -0.3 is 37.8 Å². The van der Waals surface area contributed by atoms with E-state index in [0.717, 1.165) is 0 Å². The molecule has 0 heterocycles. The van der Waals surface area contributed by atoms with Gasteiger partial charge in [-0.15, -0.1) is 0 Å². The summed E-state index contributed by atoms with van der Waals surface area (Å²) in [6, 6.07) is 12.0. The third kappa shape index (κ3) is 12.3. The standard InChI is InChI=1S/C30H39N7O7/c1-18(38)35-22(10-6-16-34-30(32)33)28(42)37-23(29(43)44)9-5-11-25(39)36-24(27(31)41)17-19-12-14-21(15-13-19)26(40)20-7-3-2-4-8-20/h2-4,7-8,12-15,22-24H,5-6,9-11,16-17H2,1H3,(H2,31,41)(H,35,38)(H,36,39)(H,37,42)(H,43,44)(H4,32,33,34)/t22-,23?,24-/m0/s1. The van der Waals surface area contributed by atoms with E-state index < -0.39 is 47.7 Å². The van der Waals surface area contributed by atoms with E-state index in [1.807, 2.05) is 6.07 Å². The first-order chi connectivity index (χ1) is 20.9. The molecule has 0 aromatic heterocycles. The third-order valence-electron chi connectivity index (χ3n) is 6.56. The van der Waals surface area contributed by atoms with Crippen LogP contribution in [-0.2, 0) is 30.4 Å². The van der Waals surface area contributed by atoms with Gasteiger partial charge in [0.1, 0.15) is 18.1 Å². The zero-order valence-corrected chi connectivity index (χ0v) is 24.4. The summed E-state index contributed by atoms with van der Waals surface area (Å²) < 4.78 is 0. The SMILES string of the molecule is CC(=O)N[C@@H](CCCNC(=N)N)C(=O)NC(CCCC(=O)N[C@@H](Cc1ccc(C(=O)c2ccccc2)cc1)C(N)=O)C(=O)O. The van der Waals surface area contributed by atoms with Crippen LogP contribution in [0.1, 0.15) is 60.5 Å². The minimum Gasteiger partial charge on any atom is -0.480 e. The van der Waals surface area contributed by atoms with E-state index in [1.165, 1.54) is 6.92 Å². The lowest BCUT2D eigenvalue weighted by molar-refractivity contribution is -0.142. The Hall–Kier alpha value is -5.27. The van der Waals surface area contributed by atoms with Crippen LogP contribution in [0, 0.1) is 5.41 Å². The molecule has 2 aromatic carbocycles. The predicted octanol–water partition coefficient (Wildman–Crippen LogP) is -0.0621. The maximum absolute atomic E-state index is 12.7. The zero-order valence-electron chi connectivity index (χ0n) is 24.4. The van der Waals surface area contributed by atoms with Crippen LogP contribution in [0.2, 0.25) is 0 Å². The van der Waals surface area contributed by atoms with Gasteiger partial charge in [0.05, 0.1) is 0 Å². The summed E-state index contributed by atoms with van der Waals surface area (Å²) in [6.45, 7) is 1.50. The molecule has 2 rings (SSSR count). The number of carboxylic acids is 1. The summed E-state index contributed by atoms with van der Waals surface area (Å²) in [5.74, 6) is -4.19. The molecule has 0 aliphatic rings. The number of hydrogen-bond donors (Lipinski definition) is 8. The Bertz CT molecular complexity index is 1330. The molecule has 14 heteroatoms. The summed E-state index contributed by atoms with van der Waals surface area (Å²) in [4.78, 5) is 73.3. The smallest absolute Gasteiger partial charge is 0.326 e. The number of amides is 4. The summed E-state index contributed by atoms with van der Waals surface area (Å²) in [6.07, 6.45) is 0.457. The minimum atomic E-state index is -1.33. The second kappa shape index (κ2) is 17.6. The van der Waals surface area contributed by atoms with Crippen LogP contribution in [0.4, 0.5) is 0 Å². The zero-order chi connectivity index (χ0) is 32.6. The molecule has 0 saturated heterocycles. The normalized spacial score (nSPS) is 12.6. The van der Waals surface area contributed by atoms with E-state index in [-0.39, 0.29) is 50.4 Å². The highest BCUT2D eigenvalue weighted by Gasteiger charge is 2.26. The van der Waals surface area contributed by atoms with Crippen LogP contribution in [0.25, 0.3) is 0 Å². The van der Waals surface area contributed by atoms with Crippen molar-refractivity contribution < 1.29 is 33.9 Å². The van der Waals surface area contributed by atoms with Crippen molar-refractivity contribution in [3.05, 3.63) is 71.3 Å². The fourth-order valence-corrected chi connectivity index (χ4v) is 4.31. The van der Waals surface area contributed by atoms with Gasteiger partial charge in [-0.05, 0) is 31.2 Å². The summed E-state index contributed by atoms with van der Waals surface area (Å²) >= 11 is 0. The van der Waals surface area contributed by atoms with Gasteiger partial charge in [0.2, 0.25) is 23.6 Å². The number of carbonyl (C=O) groups is 6. The lowest BCUT2D eigenvalue weighted by Gasteiger charge is -2.21. The Kier molecular flexibility index (Phi) is 14.0. The van der Waals surface area contributed by atoms with Crippen LogP contribution < -0.4 is 32.7 Å². The maximum Gasteiger partial charge on any atom is 0.326 e. The van der Waals surface area contributed by atoms with Gasteiger partial charge >= 0.3 is 5.97 Å². The first-order valence-corrected chi connectivity index (χ1v) is 14.0. The molecule has 0 aliphatic heterocycles. The molecular weight excluding hydrogens is 570 g/mol. The Balaban J connectivity index is 1.89. The van der Waals surface area contributed by atoms with E-state index in [0.29, 0.717) is 23.1 Å². The molecule has 10 N–H and O–H groups in total. The van der Waals surface area contributed by atoms with Gasteiger partial charge in [0, 0.05) is 37.4 Å². The van der Waals surface area contributed by atoms with E-state index >= 15 is 0 Å².